The van der Waals surface area contributed by atoms with Crippen molar-refractivity contribution >= 4 is 12.1 Å². The number of carbonyl (C=O) groups is 2. The van der Waals surface area contributed by atoms with Crippen molar-refractivity contribution in [2.24, 2.45) is 0 Å². The van der Waals surface area contributed by atoms with E-state index in [1.54, 1.807) is 0 Å². The Kier molecular flexibility index (Phi) is 21.7. The van der Waals surface area contributed by atoms with Crippen LogP contribution in [0.2, 0.25) is 0 Å². The highest BCUT2D eigenvalue weighted by molar-refractivity contribution is 5.74. The molecule has 16 nitrogen and oxygen atoms in total. The highest BCUT2D eigenvalue weighted by Crippen LogP contribution is 2.08. The van der Waals surface area contributed by atoms with Gasteiger partial charge in [0.2, 0.25) is 0 Å². The third-order valence-corrected chi connectivity index (χ3v) is 6.27. The fraction of sp³-hybridized carbons (Fsp3) is 0.917. The van der Waals surface area contributed by atoms with Crippen LogP contribution in [0.5, 0.6) is 0 Å². The molecule has 0 aliphatic rings. The van der Waals surface area contributed by atoms with Crippen molar-refractivity contribution in [2.45, 2.75) is 100 Å². The largest absolute Gasteiger partial charge is 0.394 e. The predicted octanol–water partition coefficient (Wildman–Crippen LogP) is -4.42. The molecular formula is C24H50N4O12. The van der Waals surface area contributed by atoms with Crippen molar-refractivity contribution in [3.8, 4) is 0 Å². The lowest BCUT2D eigenvalue weighted by molar-refractivity contribution is -0.113. The van der Waals surface area contributed by atoms with Gasteiger partial charge in [0.15, 0.2) is 0 Å². The standard InChI is InChI=1S/C24H50N4O12/c29-13-17(33)21(37)19(35)15(31)11-27-23(39)25-9-7-5-3-1-2-4-6-8-10-26-24(40)28-12-16(32)20(36)22(38)18(34)14-30/h15-22,29-38H,1-14H2,(H2,25,27,39)(H2,26,28,40)/t15-,16-,17+,18+,19+,20+,21+,22+/m0/s1. The first-order valence-corrected chi connectivity index (χ1v) is 13.7. The normalized spacial score (nSPS) is 17.6. The molecular weight excluding hydrogens is 536 g/mol. The van der Waals surface area contributed by atoms with Crippen LogP contribution in [0.1, 0.15) is 51.4 Å². The molecule has 0 fully saturated rings. The maximum Gasteiger partial charge on any atom is 0.314 e. The van der Waals surface area contributed by atoms with Gasteiger partial charge in [-0.3, -0.25) is 0 Å². The molecule has 0 saturated carbocycles. The molecule has 0 aliphatic carbocycles. The molecule has 0 aromatic rings. The number of urea groups is 2. The molecule has 0 rings (SSSR count). The molecule has 14 N–H and O–H groups in total. The lowest BCUT2D eigenvalue weighted by atomic mass is 10.0. The number of hydrogen-bond acceptors (Lipinski definition) is 12. The Hall–Kier alpha value is -1.86. The molecule has 0 radical (unpaired) electrons. The maximum atomic E-state index is 11.7. The Morgan fingerprint density at radius 2 is 0.700 bits per heavy atom. The van der Waals surface area contributed by atoms with Gasteiger partial charge in [-0.05, 0) is 12.8 Å². The van der Waals surface area contributed by atoms with Gasteiger partial charge in [0.25, 0.3) is 0 Å². The summed E-state index contributed by atoms with van der Waals surface area (Å²) < 4.78 is 0. The number of unbranched alkanes of at least 4 members (excludes halogenated alkanes) is 7. The zero-order valence-electron chi connectivity index (χ0n) is 22.8. The smallest absolute Gasteiger partial charge is 0.314 e. The van der Waals surface area contributed by atoms with Crippen LogP contribution >= 0.6 is 0 Å². The number of carbonyl (C=O) groups excluding carboxylic acids is 2. The Morgan fingerprint density at radius 3 is 1.00 bits per heavy atom. The number of nitrogens with one attached hydrogen (secondary N) is 4. The van der Waals surface area contributed by atoms with Crippen molar-refractivity contribution in [1.82, 2.24) is 21.3 Å². The van der Waals surface area contributed by atoms with Crippen molar-refractivity contribution < 1.29 is 60.7 Å². The topological polar surface area (TPSA) is 285 Å². The average Bonchev–Trinajstić information content (AvgIpc) is 2.96. The molecule has 238 valence electrons. The minimum Gasteiger partial charge on any atom is -0.394 e. The molecule has 0 aromatic carbocycles. The van der Waals surface area contributed by atoms with Crippen molar-refractivity contribution in [2.75, 3.05) is 39.4 Å². The summed E-state index contributed by atoms with van der Waals surface area (Å²) in [7, 11) is 0. The number of hydrogen-bond donors (Lipinski definition) is 14. The average molecular weight is 587 g/mol. The summed E-state index contributed by atoms with van der Waals surface area (Å²) in [6.07, 6.45) is -5.91. The zero-order valence-corrected chi connectivity index (χ0v) is 22.8. The van der Waals surface area contributed by atoms with E-state index in [1.165, 1.54) is 0 Å². The molecule has 0 heterocycles. The van der Waals surface area contributed by atoms with E-state index >= 15 is 0 Å². The van der Waals surface area contributed by atoms with Crippen LogP contribution in [0.25, 0.3) is 0 Å². The molecule has 4 amide bonds. The lowest BCUT2D eigenvalue weighted by Gasteiger charge is -2.25. The predicted molar refractivity (Wildman–Crippen MR) is 142 cm³/mol. The Balaban J connectivity index is 3.66. The highest BCUT2D eigenvalue weighted by Gasteiger charge is 2.31. The third-order valence-electron chi connectivity index (χ3n) is 6.27. The molecule has 40 heavy (non-hydrogen) atoms. The van der Waals surface area contributed by atoms with E-state index in [0.717, 1.165) is 51.4 Å². The number of aliphatic hydroxyl groups excluding tert-OH is 10. The highest BCUT2D eigenvalue weighted by atomic mass is 16.4. The van der Waals surface area contributed by atoms with Crippen molar-refractivity contribution in [1.29, 1.82) is 0 Å². The van der Waals surface area contributed by atoms with Gasteiger partial charge < -0.3 is 72.3 Å². The Bertz CT molecular complexity index is 611. The minimum atomic E-state index is -1.75. The SMILES string of the molecule is O=C(NCCCCCCCCCCNC(=O)NC[C@H](O)[C@@H](O)[C@H](O)[C@H](O)CO)NC[C@H](O)[C@@H](O)[C@H](O)[C@H](O)CO. The van der Waals surface area contributed by atoms with Gasteiger partial charge in [-0.2, -0.15) is 0 Å². The van der Waals surface area contributed by atoms with E-state index < -0.39 is 74.1 Å². The van der Waals surface area contributed by atoms with E-state index in [9.17, 15) is 50.4 Å². The first-order chi connectivity index (χ1) is 19.0. The Labute approximate surface area is 234 Å². The fourth-order valence-electron chi connectivity index (χ4n) is 3.60. The van der Waals surface area contributed by atoms with E-state index in [0.29, 0.717) is 13.1 Å². The molecule has 0 aliphatic heterocycles. The first kappa shape index (κ1) is 38.1. The molecule has 16 heteroatoms. The number of amides is 4. The van der Waals surface area contributed by atoms with Gasteiger partial charge in [0.05, 0.1) is 25.4 Å². The summed E-state index contributed by atoms with van der Waals surface area (Å²) in [5.41, 5.74) is 0. The van der Waals surface area contributed by atoms with Gasteiger partial charge in [0.1, 0.15) is 36.6 Å². The molecule has 8 atom stereocenters. The van der Waals surface area contributed by atoms with Crippen LogP contribution in [-0.4, -0.2) is 151 Å². The van der Waals surface area contributed by atoms with E-state index in [4.69, 9.17) is 10.2 Å². The number of aliphatic hydroxyl groups is 10. The summed E-state index contributed by atoms with van der Waals surface area (Å²) in [4.78, 5) is 23.5. The second-order valence-electron chi connectivity index (χ2n) is 9.70. The molecule has 0 spiro atoms. The van der Waals surface area contributed by atoms with Gasteiger partial charge in [0, 0.05) is 26.2 Å². The molecule has 0 saturated heterocycles. The van der Waals surface area contributed by atoms with Gasteiger partial charge >= 0.3 is 12.1 Å². The zero-order chi connectivity index (χ0) is 30.5. The fourth-order valence-corrected chi connectivity index (χ4v) is 3.60. The maximum absolute atomic E-state index is 11.7. The van der Waals surface area contributed by atoms with Crippen molar-refractivity contribution in [3.63, 3.8) is 0 Å². The summed E-state index contributed by atoms with van der Waals surface area (Å²) >= 11 is 0. The molecule has 0 aromatic heterocycles. The second-order valence-corrected chi connectivity index (χ2v) is 9.70. The number of rotatable bonds is 23. The van der Waals surface area contributed by atoms with Crippen LogP contribution in [0.4, 0.5) is 9.59 Å². The van der Waals surface area contributed by atoms with Crippen LogP contribution in [0, 0.1) is 0 Å². The monoisotopic (exact) mass is 586 g/mol. The summed E-state index contributed by atoms with van der Waals surface area (Å²) in [5.74, 6) is 0. The van der Waals surface area contributed by atoms with Crippen LogP contribution in [0.3, 0.4) is 0 Å². The van der Waals surface area contributed by atoms with E-state index in [1.807, 2.05) is 0 Å². The van der Waals surface area contributed by atoms with E-state index in [-0.39, 0.29) is 13.1 Å². The Morgan fingerprint density at radius 1 is 0.425 bits per heavy atom. The third kappa shape index (κ3) is 17.1. The van der Waals surface area contributed by atoms with Crippen LogP contribution in [0.15, 0.2) is 0 Å². The summed E-state index contributed by atoms with van der Waals surface area (Å²) in [6.45, 7) is -1.42. The van der Waals surface area contributed by atoms with E-state index in [2.05, 4.69) is 21.3 Å². The molecule has 0 unspecified atom stereocenters. The quantitative estimate of drug-likeness (QED) is 0.0505. The molecule has 0 bridgehead atoms. The lowest BCUT2D eigenvalue weighted by Crippen LogP contribution is -2.50. The van der Waals surface area contributed by atoms with Crippen molar-refractivity contribution in [3.05, 3.63) is 0 Å². The first-order valence-electron chi connectivity index (χ1n) is 13.7. The van der Waals surface area contributed by atoms with Gasteiger partial charge in [-0.1, -0.05) is 38.5 Å². The second kappa shape index (κ2) is 22.8. The van der Waals surface area contributed by atoms with Gasteiger partial charge in [-0.25, -0.2) is 9.59 Å². The van der Waals surface area contributed by atoms with Gasteiger partial charge in [-0.15, -0.1) is 0 Å². The minimum absolute atomic E-state index is 0.349. The van der Waals surface area contributed by atoms with Crippen LogP contribution < -0.4 is 21.3 Å². The summed E-state index contributed by atoms with van der Waals surface area (Å²) in [6, 6.07) is -1.09. The van der Waals surface area contributed by atoms with Crippen LogP contribution in [-0.2, 0) is 0 Å². The summed E-state index contributed by atoms with van der Waals surface area (Å²) in [5, 5.41) is 104.